The second-order valence-electron chi connectivity index (χ2n) is 5.21. The van der Waals surface area contributed by atoms with Gasteiger partial charge < -0.3 is 4.52 Å². The van der Waals surface area contributed by atoms with Gasteiger partial charge in [0.1, 0.15) is 5.75 Å². The van der Waals surface area contributed by atoms with Crippen LogP contribution in [0, 0.1) is 10.1 Å². The number of rotatable bonds is 4. The first-order valence-electron chi connectivity index (χ1n) is 7.18. The lowest BCUT2D eigenvalue weighted by Crippen LogP contribution is -2.16. The predicted octanol–water partition coefficient (Wildman–Crippen LogP) is 5.57. The normalized spacial score (nSPS) is 23.2. The topological polar surface area (TPSA) is 87.9 Å². The Hall–Kier alpha value is -1.63. The maximum Gasteiger partial charge on any atom is 0.530 e. The summed E-state index contributed by atoms with van der Waals surface area (Å²) in [6, 6.07) is 10.0. The summed E-state index contributed by atoms with van der Waals surface area (Å²) in [6.07, 6.45) is -0.113. The van der Waals surface area contributed by atoms with Crippen LogP contribution in [0.25, 0.3) is 0 Å². The molecule has 0 unspecified atom stereocenters. The van der Waals surface area contributed by atoms with Crippen molar-refractivity contribution in [2.45, 2.75) is 12.5 Å². The molecule has 0 amide bonds. The van der Waals surface area contributed by atoms with Crippen molar-refractivity contribution < 1.29 is 23.1 Å². The third kappa shape index (κ3) is 4.51. The smallest absolute Gasteiger partial charge is 0.404 e. The Bertz CT molecular complexity index is 824. The Morgan fingerprint density at radius 2 is 1.80 bits per heavy atom. The predicted molar refractivity (Wildman–Crippen MR) is 92.2 cm³/mol. The molecule has 0 bridgehead atoms. The molecule has 0 N–H and O–H groups in total. The number of nitro groups is 1. The van der Waals surface area contributed by atoms with E-state index in [-0.39, 0.29) is 18.0 Å². The monoisotopic (exact) mass is 403 g/mol. The molecule has 0 spiro atoms. The van der Waals surface area contributed by atoms with Gasteiger partial charge in [-0.15, -0.1) is 0 Å². The summed E-state index contributed by atoms with van der Waals surface area (Å²) in [5.74, 6) is 0.138. The Balaban J connectivity index is 1.77. The molecule has 25 heavy (non-hydrogen) atoms. The van der Waals surface area contributed by atoms with Crippen LogP contribution in [0.15, 0.2) is 42.5 Å². The van der Waals surface area contributed by atoms with Crippen molar-refractivity contribution in [1.29, 1.82) is 0 Å². The van der Waals surface area contributed by atoms with Crippen LogP contribution in [0.4, 0.5) is 5.69 Å². The minimum atomic E-state index is -3.88. The SMILES string of the molecule is O=[N+]([O-])c1ccc(O[P@]2(=O)OCC[C@@H](c3cc(Cl)cc(Cl)c3)O2)cc1. The molecule has 1 fully saturated rings. The molecule has 10 heteroatoms. The molecular weight excluding hydrogens is 392 g/mol. The summed E-state index contributed by atoms with van der Waals surface area (Å²) in [5.41, 5.74) is 0.552. The van der Waals surface area contributed by atoms with E-state index >= 15 is 0 Å². The van der Waals surface area contributed by atoms with Gasteiger partial charge in [-0.2, -0.15) is 0 Å². The van der Waals surface area contributed by atoms with Crippen LogP contribution in [0.2, 0.25) is 10.0 Å². The maximum atomic E-state index is 12.7. The number of benzene rings is 2. The van der Waals surface area contributed by atoms with Crippen molar-refractivity contribution in [3.8, 4) is 5.75 Å². The number of phosphoric ester groups is 1. The molecule has 3 rings (SSSR count). The van der Waals surface area contributed by atoms with Gasteiger partial charge in [0.25, 0.3) is 5.69 Å². The first-order chi connectivity index (χ1) is 11.8. The van der Waals surface area contributed by atoms with Crippen LogP contribution in [-0.2, 0) is 13.6 Å². The molecule has 1 saturated heterocycles. The van der Waals surface area contributed by atoms with Crippen LogP contribution in [0.1, 0.15) is 18.1 Å². The maximum absolute atomic E-state index is 12.7. The fourth-order valence-electron chi connectivity index (χ4n) is 2.30. The van der Waals surface area contributed by atoms with Crippen molar-refractivity contribution in [1.82, 2.24) is 0 Å². The van der Waals surface area contributed by atoms with Gasteiger partial charge in [-0.25, -0.2) is 4.57 Å². The minimum Gasteiger partial charge on any atom is -0.404 e. The average molecular weight is 404 g/mol. The van der Waals surface area contributed by atoms with Gasteiger partial charge in [0.2, 0.25) is 0 Å². The number of hydrogen-bond donors (Lipinski definition) is 0. The van der Waals surface area contributed by atoms with Gasteiger partial charge in [-0.3, -0.25) is 19.2 Å². The number of hydrogen-bond acceptors (Lipinski definition) is 6. The highest BCUT2D eigenvalue weighted by Crippen LogP contribution is 2.56. The molecule has 2 aromatic rings. The number of halogens is 2. The minimum absolute atomic E-state index is 0.109. The Labute approximate surface area is 153 Å². The van der Waals surface area contributed by atoms with E-state index in [0.29, 0.717) is 22.0 Å². The third-order valence-electron chi connectivity index (χ3n) is 3.41. The van der Waals surface area contributed by atoms with E-state index in [9.17, 15) is 14.7 Å². The highest BCUT2D eigenvalue weighted by atomic mass is 35.5. The van der Waals surface area contributed by atoms with Crippen molar-refractivity contribution in [3.63, 3.8) is 0 Å². The summed E-state index contributed by atoms with van der Waals surface area (Å²) in [5, 5.41) is 11.5. The largest absolute Gasteiger partial charge is 0.530 e. The van der Waals surface area contributed by atoms with E-state index in [1.807, 2.05) is 0 Å². The van der Waals surface area contributed by atoms with Crippen molar-refractivity contribution >= 4 is 36.7 Å². The zero-order valence-electron chi connectivity index (χ0n) is 12.6. The Kier molecular flexibility index (Phi) is 5.32. The molecule has 1 heterocycles. The van der Waals surface area contributed by atoms with Crippen molar-refractivity contribution in [3.05, 3.63) is 68.2 Å². The van der Waals surface area contributed by atoms with Crippen LogP contribution in [0.5, 0.6) is 5.75 Å². The summed E-state index contributed by atoms with van der Waals surface area (Å²) >= 11 is 12.0. The lowest BCUT2D eigenvalue weighted by molar-refractivity contribution is -0.384. The highest BCUT2D eigenvalue weighted by molar-refractivity contribution is 7.49. The van der Waals surface area contributed by atoms with E-state index in [4.69, 9.17) is 36.8 Å². The molecule has 0 radical (unpaired) electrons. The van der Waals surface area contributed by atoms with Crippen LogP contribution < -0.4 is 4.52 Å². The molecule has 0 saturated carbocycles. The quantitative estimate of drug-likeness (QED) is 0.376. The molecule has 1 aliphatic rings. The summed E-state index contributed by atoms with van der Waals surface area (Å²) < 4.78 is 28.7. The molecule has 132 valence electrons. The van der Waals surface area contributed by atoms with Crippen molar-refractivity contribution in [2.24, 2.45) is 0 Å². The van der Waals surface area contributed by atoms with E-state index in [1.54, 1.807) is 18.2 Å². The number of nitrogens with zero attached hydrogens (tertiary/aromatic N) is 1. The number of nitro benzene ring substituents is 1. The number of non-ortho nitro benzene ring substituents is 1. The molecule has 1 aliphatic heterocycles. The van der Waals surface area contributed by atoms with Crippen LogP contribution in [-0.4, -0.2) is 11.5 Å². The van der Waals surface area contributed by atoms with E-state index in [2.05, 4.69) is 0 Å². The Morgan fingerprint density at radius 1 is 1.16 bits per heavy atom. The first kappa shape index (κ1) is 18.2. The van der Waals surface area contributed by atoms with Gasteiger partial charge in [-0.05, 0) is 35.9 Å². The van der Waals surface area contributed by atoms with E-state index in [0.717, 1.165) is 0 Å². The second kappa shape index (κ2) is 7.32. The fraction of sp³-hybridized carbons (Fsp3) is 0.200. The summed E-state index contributed by atoms with van der Waals surface area (Å²) in [4.78, 5) is 10.1. The summed E-state index contributed by atoms with van der Waals surface area (Å²) in [6.45, 7) is 0.152. The lowest BCUT2D eigenvalue weighted by Gasteiger charge is -2.29. The Morgan fingerprint density at radius 3 is 2.40 bits per heavy atom. The van der Waals surface area contributed by atoms with Crippen LogP contribution >= 0.6 is 31.0 Å². The molecule has 0 aliphatic carbocycles. The average Bonchev–Trinajstić information content (AvgIpc) is 2.54. The standard InChI is InChI=1S/C15H12Cl2NO6P/c16-11-7-10(8-12(17)9-11)15-5-6-22-25(21,24-15)23-14-3-1-13(2-4-14)18(19)20/h1-4,7-9,15H,5-6H2/t15-,25-/m0/s1. The summed E-state index contributed by atoms with van der Waals surface area (Å²) in [7, 11) is -3.88. The van der Waals surface area contributed by atoms with Gasteiger partial charge in [-0.1, -0.05) is 23.2 Å². The van der Waals surface area contributed by atoms with Crippen LogP contribution in [0.3, 0.4) is 0 Å². The molecule has 2 aromatic carbocycles. The first-order valence-corrected chi connectivity index (χ1v) is 9.39. The second-order valence-corrected chi connectivity index (χ2v) is 7.63. The molecule has 0 aromatic heterocycles. The van der Waals surface area contributed by atoms with Gasteiger partial charge in [0.15, 0.2) is 0 Å². The van der Waals surface area contributed by atoms with Gasteiger partial charge in [0.05, 0.1) is 17.6 Å². The zero-order chi connectivity index (χ0) is 18.0. The van der Waals surface area contributed by atoms with Gasteiger partial charge in [0, 0.05) is 28.6 Å². The third-order valence-corrected chi connectivity index (χ3v) is 5.29. The molecule has 7 nitrogen and oxygen atoms in total. The zero-order valence-corrected chi connectivity index (χ0v) is 15.0. The lowest BCUT2D eigenvalue weighted by atomic mass is 10.1. The molecular formula is C15H12Cl2NO6P. The number of phosphoric acid groups is 1. The molecule has 2 atom stereocenters. The van der Waals surface area contributed by atoms with E-state index in [1.165, 1.54) is 24.3 Å². The highest BCUT2D eigenvalue weighted by Gasteiger charge is 2.37. The fourth-order valence-corrected chi connectivity index (χ4v) is 4.25. The van der Waals surface area contributed by atoms with E-state index < -0.39 is 18.8 Å². The van der Waals surface area contributed by atoms with Gasteiger partial charge >= 0.3 is 7.82 Å². The van der Waals surface area contributed by atoms with Crippen molar-refractivity contribution in [2.75, 3.05) is 6.61 Å².